The van der Waals surface area contributed by atoms with E-state index < -0.39 is 16.7 Å². The number of halogens is 1. The molecule has 0 spiro atoms. The van der Waals surface area contributed by atoms with Gasteiger partial charge in [-0.1, -0.05) is 0 Å². The summed E-state index contributed by atoms with van der Waals surface area (Å²) in [6.45, 7) is -0.345. The molecule has 0 unspecified atom stereocenters. The minimum atomic E-state index is -1.25. The number of hydrogen-bond donors (Lipinski definition) is 1. The zero-order chi connectivity index (χ0) is 11.4. The first kappa shape index (κ1) is 11.1. The highest BCUT2D eigenvalue weighted by Gasteiger charge is 2.08. The normalized spacial score (nSPS) is 9.93. The minimum Gasteiger partial charge on any atom is -0.478 e. The molecular weight excluding hydrogens is 205 g/mol. The number of hydrogen-bond acceptors (Lipinski definition) is 3. The van der Waals surface area contributed by atoms with Crippen LogP contribution in [-0.2, 0) is 6.42 Å². The third-order valence-electron chi connectivity index (χ3n) is 1.79. The Kier molecular flexibility index (Phi) is 3.33. The summed E-state index contributed by atoms with van der Waals surface area (Å²) in [4.78, 5) is 20.1. The van der Waals surface area contributed by atoms with Gasteiger partial charge in [0.25, 0.3) is 0 Å². The molecule has 80 valence electrons. The number of aromatic carboxylic acids is 1. The predicted molar refractivity (Wildman–Crippen MR) is 48.9 cm³/mol. The molecule has 0 fully saturated rings. The highest BCUT2D eigenvalue weighted by atomic mass is 19.1. The molecular formula is C9H8FNO4. The van der Waals surface area contributed by atoms with Crippen molar-refractivity contribution in [3.8, 4) is 0 Å². The first-order chi connectivity index (χ1) is 6.99. The van der Waals surface area contributed by atoms with Gasteiger partial charge in [0, 0.05) is 11.3 Å². The maximum atomic E-state index is 12.9. The predicted octanol–water partition coefficient (Wildman–Crippen LogP) is 1.34. The average Bonchev–Trinajstić information content (AvgIpc) is 2.13. The van der Waals surface area contributed by atoms with Gasteiger partial charge in [0.05, 0.1) is 5.56 Å². The van der Waals surface area contributed by atoms with Crippen molar-refractivity contribution in [1.29, 1.82) is 0 Å². The standard InChI is InChI=1S/C9H8FNO4/c10-8-4-6(1-2-11(14)15)3-7(5-8)9(12)13/h3-5H,1-2H2,(H,12,13). The summed E-state index contributed by atoms with van der Waals surface area (Å²) in [7, 11) is 0. The van der Waals surface area contributed by atoms with Crippen molar-refractivity contribution in [2.45, 2.75) is 6.42 Å². The maximum Gasteiger partial charge on any atom is 0.335 e. The molecule has 0 atom stereocenters. The molecule has 0 amide bonds. The zero-order valence-corrected chi connectivity index (χ0v) is 7.64. The molecule has 0 saturated carbocycles. The molecule has 1 rings (SSSR count). The molecule has 1 aromatic carbocycles. The number of nitrogens with zero attached hydrogens (tertiary/aromatic N) is 1. The van der Waals surface area contributed by atoms with E-state index in [0.29, 0.717) is 5.56 Å². The van der Waals surface area contributed by atoms with E-state index in [1.807, 2.05) is 0 Å². The molecule has 0 heterocycles. The number of benzene rings is 1. The van der Waals surface area contributed by atoms with E-state index in [1.54, 1.807) is 0 Å². The van der Waals surface area contributed by atoms with Crippen LogP contribution in [0.2, 0.25) is 0 Å². The van der Waals surface area contributed by atoms with Gasteiger partial charge in [-0.25, -0.2) is 9.18 Å². The Morgan fingerprint density at radius 1 is 1.47 bits per heavy atom. The van der Waals surface area contributed by atoms with E-state index in [1.165, 1.54) is 6.07 Å². The van der Waals surface area contributed by atoms with Crippen LogP contribution in [0.15, 0.2) is 18.2 Å². The van der Waals surface area contributed by atoms with Gasteiger partial charge < -0.3 is 5.11 Å². The molecule has 0 radical (unpaired) electrons. The number of carboxylic acid groups (broad SMARTS) is 1. The van der Waals surface area contributed by atoms with Crippen molar-refractivity contribution in [2.24, 2.45) is 0 Å². The highest BCUT2D eigenvalue weighted by Crippen LogP contribution is 2.10. The van der Waals surface area contributed by atoms with Crippen molar-refractivity contribution in [1.82, 2.24) is 0 Å². The minimum absolute atomic E-state index is 0.0189. The van der Waals surface area contributed by atoms with Gasteiger partial charge in [-0.05, 0) is 23.8 Å². The molecule has 5 nitrogen and oxygen atoms in total. The van der Waals surface area contributed by atoms with Crippen LogP contribution >= 0.6 is 0 Å². The molecule has 1 aromatic rings. The Morgan fingerprint density at radius 3 is 2.67 bits per heavy atom. The molecule has 15 heavy (non-hydrogen) atoms. The number of nitro groups is 1. The van der Waals surface area contributed by atoms with Crippen LogP contribution in [0.1, 0.15) is 15.9 Å². The lowest BCUT2D eigenvalue weighted by Gasteiger charge is -2.00. The first-order valence-electron chi connectivity index (χ1n) is 4.13. The Balaban J connectivity index is 2.88. The smallest absolute Gasteiger partial charge is 0.335 e. The zero-order valence-electron chi connectivity index (χ0n) is 7.64. The Morgan fingerprint density at radius 2 is 2.13 bits per heavy atom. The van der Waals surface area contributed by atoms with Crippen LogP contribution in [0.3, 0.4) is 0 Å². The van der Waals surface area contributed by atoms with Crippen LogP contribution in [0, 0.1) is 15.9 Å². The first-order valence-corrected chi connectivity index (χ1v) is 4.13. The number of carboxylic acids is 1. The summed E-state index contributed by atoms with van der Waals surface area (Å²) >= 11 is 0. The molecule has 0 bridgehead atoms. The summed E-state index contributed by atoms with van der Waals surface area (Å²) in [5.74, 6) is -1.95. The van der Waals surface area contributed by atoms with Crippen molar-refractivity contribution < 1.29 is 19.2 Å². The lowest BCUT2D eigenvalue weighted by molar-refractivity contribution is -0.479. The van der Waals surface area contributed by atoms with Crippen LogP contribution in [-0.4, -0.2) is 22.5 Å². The summed E-state index contributed by atoms with van der Waals surface area (Å²) in [5.41, 5.74) is 0.109. The van der Waals surface area contributed by atoms with E-state index in [0.717, 1.165) is 12.1 Å². The maximum absolute atomic E-state index is 12.9. The highest BCUT2D eigenvalue weighted by molar-refractivity contribution is 5.87. The molecule has 0 aromatic heterocycles. The van der Waals surface area contributed by atoms with Gasteiger partial charge >= 0.3 is 5.97 Å². The van der Waals surface area contributed by atoms with Gasteiger partial charge in [-0.3, -0.25) is 10.1 Å². The third kappa shape index (κ3) is 3.34. The van der Waals surface area contributed by atoms with Crippen LogP contribution in [0.4, 0.5) is 4.39 Å². The lowest BCUT2D eigenvalue weighted by Crippen LogP contribution is -2.06. The second-order valence-corrected chi connectivity index (χ2v) is 2.96. The number of carbonyl (C=O) groups is 1. The topological polar surface area (TPSA) is 80.4 Å². The van der Waals surface area contributed by atoms with E-state index in [2.05, 4.69) is 0 Å². The fraction of sp³-hybridized carbons (Fsp3) is 0.222. The van der Waals surface area contributed by atoms with Gasteiger partial charge in [0.15, 0.2) is 0 Å². The van der Waals surface area contributed by atoms with E-state index >= 15 is 0 Å². The fourth-order valence-electron chi connectivity index (χ4n) is 1.14. The second kappa shape index (κ2) is 4.50. The lowest BCUT2D eigenvalue weighted by atomic mass is 10.1. The summed E-state index contributed by atoms with van der Waals surface area (Å²) in [6, 6.07) is 3.20. The monoisotopic (exact) mass is 213 g/mol. The largest absolute Gasteiger partial charge is 0.478 e. The van der Waals surface area contributed by atoms with Gasteiger partial charge in [0.1, 0.15) is 5.82 Å². The Hall–Kier alpha value is -1.98. The molecule has 6 heteroatoms. The molecule has 1 N–H and O–H groups in total. The SMILES string of the molecule is O=C(O)c1cc(F)cc(CC[N+](=O)[O-])c1. The van der Waals surface area contributed by atoms with Crippen LogP contribution in [0.5, 0.6) is 0 Å². The third-order valence-corrected chi connectivity index (χ3v) is 1.79. The summed E-state index contributed by atoms with van der Waals surface area (Å²) < 4.78 is 12.9. The number of rotatable bonds is 4. The van der Waals surface area contributed by atoms with Crippen molar-refractivity contribution in [3.05, 3.63) is 45.3 Å². The molecule has 0 saturated heterocycles. The van der Waals surface area contributed by atoms with E-state index in [4.69, 9.17) is 5.11 Å². The van der Waals surface area contributed by atoms with Gasteiger partial charge in [0.2, 0.25) is 6.54 Å². The Labute approximate surface area is 84.3 Å². The molecule has 0 aliphatic carbocycles. The summed E-state index contributed by atoms with van der Waals surface area (Å²) in [6.07, 6.45) is 0.0189. The fourth-order valence-corrected chi connectivity index (χ4v) is 1.14. The second-order valence-electron chi connectivity index (χ2n) is 2.96. The van der Waals surface area contributed by atoms with E-state index in [9.17, 15) is 19.3 Å². The van der Waals surface area contributed by atoms with Crippen molar-refractivity contribution in [3.63, 3.8) is 0 Å². The van der Waals surface area contributed by atoms with Gasteiger partial charge in [-0.15, -0.1) is 0 Å². The quantitative estimate of drug-likeness (QED) is 0.604. The van der Waals surface area contributed by atoms with Crippen molar-refractivity contribution >= 4 is 5.97 Å². The van der Waals surface area contributed by atoms with Crippen LogP contribution in [0.25, 0.3) is 0 Å². The average molecular weight is 213 g/mol. The Bertz CT molecular complexity index is 405. The summed E-state index contributed by atoms with van der Waals surface area (Å²) in [5, 5.41) is 18.7. The van der Waals surface area contributed by atoms with E-state index in [-0.39, 0.29) is 18.5 Å². The molecule has 0 aliphatic heterocycles. The van der Waals surface area contributed by atoms with Crippen LogP contribution < -0.4 is 0 Å². The van der Waals surface area contributed by atoms with Gasteiger partial charge in [-0.2, -0.15) is 0 Å². The molecule has 0 aliphatic rings. The van der Waals surface area contributed by atoms with Crippen molar-refractivity contribution in [2.75, 3.05) is 6.54 Å².